The number of benzene rings is 2. The van der Waals surface area contributed by atoms with Crippen LogP contribution in [0.1, 0.15) is 18.1 Å². The van der Waals surface area contributed by atoms with Gasteiger partial charge in [0.1, 0.15) is 16.5 Å². The smallest absolute Gasteiger partial charge is 0.332 e. The summed E-state index contributed by atoms with van der Waals surface area (Å²) in [5.74, 6) is -1.59. The number of amides is 2. The van der Waals surface area contributed by atoms with Gasteiger partial charge in [0.2, 0.25) is 0 Å². The lowest BCUT2D eigenvalue weighted by Gasteiger charge is -2.18. The highest BCUT2D eigenvalue weighted by Gasteiger charge is 2.25. The molecule has 4 aromatic rings. The Balaban J connectivity index is 2.00. The Labute approximate surface area is 244 Å². The Morgan fingerprint density at radius 1 is 1.05 bits per heavy atom. The van der Waals surface area contributed by atoms with Crippen LogP contribution in [0.5, 0.6) is 0 Å². The molecular weight excluding hydrogens is 568 g/mol. The van der Waals surface area contributed by atoms with E-state index in [1.165, 1.54) is 22.0 Å². The average molecular weight is 602 g/mol. The number of primary amides is 1. The zero-order valence-corrected chi connectivity index (χ0v) is 24.4. The summed E-state index contributed by atoms with van der Waals surface area (Å²) in [6.45, 7) is 3.21. The van der Waals surface area contributed by atoms with Crippen molar-refractivity contribution >= 4 is 33.3 Å². The fourth-order valence-electron chi connectivity index (χ4n) is 4.62. The number of carbonyl (C=O) groups is 1. The van der Waals surface area contributed by atoms with Gasteiger partial charge in [0.25, 0.3) is 5.56 Å². The predicted octanol–water partition coefficient (Wildman–Crippen LogP) is 3.82. The van der Waals surface area contributed by atoms with Crippen LogP contribution in [0.3, 0.4) is 0 Å². The van der Waals surface area contributed by atoms with E-state index in [1.807, 2.05) is 11.9 Å². The van der Waals surface area contributed by atoms with E-state index >= 15 is 0 Å². The first kappa shape index (κ1) is 31.0. The molecule has 2 aromatic heterocycles. The van der Waals surface area contributed by atoms with E-state index in [1.54, 1.807) is 38.3 Å². The maximum Gasteiger partial charge on any atom is 0.332 e. The molecule has 42 heavy (non-hydrogen) atoms. The average Bonchev–Trinajstić information content (AvgIpc) is 3.32. The summed E-state index contributed by atoms with van der Waals surface area (Å²) in [6, 6.07) is 9.68. The quantitative estimate of drug-likeness (QED) is 0.225. The summed E-state index contributed by atoms with van der Waals surface area (Å²) in [4.78, 5) is 42.0. The first-order valence-corrected chi connectivity index (χ1v) is 14.1. The molecule has 10 nitrogen and oxygen atoms in total. The molecule has 13 heteroatoms. The minimum atomic E-state index is -0.795. The van der Waals surface area contributed by atoms with E-state index in [2.05, 4.69) is 5.32 Å². The highest BCUT2D eigenvalue weighted by Crippen LogP contribution is 2.38. The maximum absolute atomic E-state index is 14.8. The highest BCUT2D eigenvalue weighted by atomic mass is 32.1. The number of methoxy groups -OCH3 is 1. The van der Waals surface area contributed by atoms with Gasteiger partial charge in [-0.15, -0.1) is 11.3 Å². The van der Waals surface area contributed by atoms with Crippen molar-refractivity contribution in [3.8, 4) is 10.4 Å². The van der Waals surface area contributed by atoms with Crippen molar-refractivity contribution in [1.82, 2.24) is 14.0 Å². The maximum atomic E-state index is 14.8. The first-order valence-electron chi connectivity index (χ1n) is 13.3. The van der Waals surface area contributed by atoms with E-state index in [0.29, 0.717) is 47.3 Å². The Morgan fingerprint density at radius 2 is 1.74 bits per heavy atom. The SMILES string of the molecule is CCOCCn1c(=O)c2c(CN(C)CCOC)c(-c3ccc(NC(N)=O)cc3)sc2n(Cc2c(F)cccc2F)c1=O. The van der Waals surface area contributed by atoms with Crippen molar-refractivity contribution in [1.29, 1.82) is 0 Å². The van der Waals surface area contributed by atoms with Gasteiger partial charge in [-0.3, -0.25) is 18.8 Å². The number of aromatic nitrogens is 2. The molecule has 224 valence electrons. The van der Waals surface area contributed by atoms with Crippen molar-refractivity contribution in [2.24, 2.45) is 5.73 Å². The topological polar surface area (TPSA) is 121 Å². The molecule has 4 rings (SSSR count). The number of likely N-dealkylation sites (N-methyl/N-ethyl adjacent to an activating group) is 1. The van der Waals surface area contributed by atoms with E-state index in [4.69, 9.17) is 15.2 Å². The van der Waals surface area contributed by atoms with Gasteiger partial charge in [-0.1, -0.05) is 18.2 Å². The van der Waals surface area contributed by atoms with Gasteiger partial charge in [-0.25, -0.2) is 18.4 Å². The molecule has 0 saturated heterocycles. The number of hydrogen-bond donors (Lipinski definition) is 2. The monoisotopic (exact) mass is 601 g/mol. The summed E-state index contributed by atoms with van der Waals surface area (Å²) in [5.41, 5.74) is 5.61. The molecule has 0 radical (unpaired) electrons. The molecular formula is C29H33F2N5O5S. The van der Waals surface area contributed by atoms with Crippen LogP contribution in [0.4, 0.5) is 19.3 Å². The lowest BCUT2D eigenvalue weighted by Crippen LogP contribution is -2.41. The summed E-state index contributed by atoms with van der Waals surface area (Å²) in [5, 5.41) is 2.80. The number of nitrogens with zero attached hydrogens (tertiary/aromatic N) is 3. The Morgan fingerprint density at radius 3 is 2.36 bits per heavy atom. The molecule has 0 aliphatic heterocycles. The van der Waals surface area contributed by atoms with E-state index < -0.39 is 35.5 Å². The lowest BCUT2D eigenvalue weighted by molar-refractivity contribution is 0.137. The molecule has 0 bridgehead atoms. The van der Waals surface area contributed by atoms with Gasteiger partial charge in [0, 0.05) is 42.9 Å². The summed E-state index contributed by atoms with van der Waals surface area (Å²) in [6.07, 6.45) is 0. The van der Waals surface area contributed by atoms with E-state index in [0.717, 1.165) is 22.3 Å². The molecule has 0 aliphatic carbocycles. The van der Waals surface area contributed by atoms with Gasteiger partial charge in [0.05, 0.1) is 31.7 Å². The third-order valence-electron chi connectivity index (χ3n) is 6.72. The molecule has 0 atom stereocenters. The van der Waals surface area contributed by atoms with Gasteiger partial charge >= 0.3 is 11.7 Å². The van der Waals surface area contributed by atoms with Gasteiger partial charge < -0.3 is 20.5 Å². The van der Waals surface area contributed by atoms with Crippen LogP contribution in [0.2, 0.25) is 0 Å². The largest absolute Gasteiger partial charge is 0.383 e. The lowest BCUT2D eigenvalue weighted by atomic mass is 10.1. The number of carbonyl (C=O) groups excluding carboxylic acids is 1. The van der Waals surface area contributed by atoms with Crippen LogP contribution in [0.25, 0.3) is 20.7 Å². The molecule has 0 fully saturated rings. The molecule has 2 amide bonds. The Kier molecular flexibility index (Phi) is 10.2. The highest BCUT2D eigenvalue weighted by molar-refractivity contribution is 7.22. The fourth-order valence-corrected chi connectivity index (χ4v) is 5.93. The zero-order chi connectivity index (χ0) is 30.4. The summed E-state index contributed by atoms with van der Waals surface area (Å²) in [7, 11) is 3.48. The normalized spacial score (nSPS) is 11.5. The second-order valence-corrected chi connectivity index (χ2v) is 10.6. The van der Waals surface area contributed by atoms with Crippen molar-refractivity contribution in [3.05, 3.63) is 86.1 Å². The number of fused-ring (bicyclic) bond motifs is 1. The number of hydrogen-bond acceptors (Lipinski definition) is 7. The second kappa shape index (κ2) is 13.8. The Hall–Kier alpha value is -3.91. The first-order chi connectivity index (χ1) is 20.2. The minimum Gasteiger partial charge on any atom is -0.383 e. The van der Waals surface area contributed by atoms with Crippen LogP contribution < -0.4 is 22.3 Å². The molecule has 2 aromatic carbocycles. The van der Waals surface area contributed by atoms with Gasteiger partial charge in [-0.2, -0.15) is 0 Å². The van der Waals surface area contributed by atoms with Crippen molar-refractivity contribution < 1.29 is 23.0 Å². The molecule has 0 unspecified atom stereocenters. The molecule has 0 spiro atoms. The van der Waals surface area contributed by atoms with Crippen LogP contribution in [0, 0.1) is 11.6 Å². The summed E-state index contributed by atoms with van der Waals surface area (Å²) >= 11 is 1.19. The van der Waals surface area contributed by atoms with Crippen molar-refractivity contribution in [3.63, 3.8) is 0 Å². The fraction of sp³-hybridized carbons (Fsp3) is 0.345. The third kappa shape index (κ3) is 6.76. The molecule has 0 aliphatic rings. The third-order valence-corrected chi connectivity index (χ3v) is 8.02. The van der Waals surface area contributed by atoms with Gasteiger partial charge in [-0.05, 0) is 49.4 Å². The summed E-state index contributed by atoms with van der Waals surface area (Å²) < 4.78 is 42.5. The molecule has 2 heterocycles. The number of nitrogens with two attached hydrogens (primary N) is 1. The number of thiophene rings is 1. The Bertz CT molecular complexity index is 1660. The number of anilines is 1. The van der Waals surface area contributed by atoms with Gasteiger partial charge in [0.15, 0.2) is 0 Å². The number of ether oxygens (including phenoxy) is 2. The van der Waals surface area contributed by atoms with Crippen LogP contribution >= 0.6 is 11.3 Å². The molecule has 0 saturated carbocycles. The van der Waals surface area contributed by atoms with Crippen LogP contribution in [-0.4, -0.2) is 60.6 Å². The second-order valence-electron chi connectivity index (χ2n) is 9.61. The van der Waals surface area contributed by atoms with Crippen molar-refractivity contribution in [2.45, 2.75) is 26.6 Å². The minimum absolute atomic E-state index is 0.0290. The van der Waals surface area contributed by atoms with Crippen LogP contribution in [0.15, 0.2) is 52.1 Å². The zero-order valence-electron chi connectivity index (χ0n) is 23.6. The standard InChI is InChI=1S/C29H33F2N5O5S/c1-4-41-15-13-35-26(37)24-21(16-34(2)12-14-40-3)25(18-8-10-19(11-9-18)33-28(32)38)42-27(24)36(29(35)39)17-20-22(30)6-5-7-23(20)31/h5-11H,4,12-17H2,1-3H3,(H3,32,33,38). The number of rotatable bonds is 13. The van der Waals surface area contributed by atoms with Crippen molar-refractivity contribution in [2.75, 3.05) is 45.8 Å². The number of nitrogens with one attached hydrogen (secondary N) is 1. The number of urea groups is 1. The van der Waals surface area contributed by atoms with Crippen LogP contribution in [-0.2, 0) is 29.1 Å². The van der Waals surface area contributed by atoms with E-state index in [-0.39, 0.29) is 24.1 Å². The number of halogens is 2. The predicted molar refractivity (Wildman–Crippen MR) is 159 cm³/mol. The molecule has 3 N–H and O–H groups in total. The van der Waals surface area contributed by atoms with E-state index in [9.17, 15) is 23.2 Å².